The summed E-state index contributed by atoms with van der Waals surface area (Å²) in [5.74, 6) is 0. The maximum atomic E-state index is 6.11. The van der Waals surface area contributed by atoms with Crippen molar-refractivity contribution in [2.24, 2.45) is 0 Å². The maximum Gasteiger partial charge on any atom is 0.137 e. The molecule has 1 aliphatic heterocycles. The molecule has 0 spiro atoms. The zero-order valence-electron chi connectivity index (χ0n) is 19.5. The highest BCUT2D eigenvalue weighted by molar-refractivity contribution is 6.30. The summed E-state index contributed by atoms with van der Waals surface area (Å²) in [7, 11) is 0. The molecule has 1 aliphatic carbocycles. The minimum Gasteiger partial charge on any atom is -0.315 e. The van der Waals surface area contributed by atoms with E-state index in [0.29, 0.717) is 0 Å². The van der Waals surface area contributed by atoms with Crippen LogP contribution in [0.2, 0.25) is 5.02 Å². The second kappa shape index (κ2) is 11.0. The minimum absolute atomic E-state index is 0.760. The van der Waals surface area contributed by atoms with Gasteiger partial charge in [-0.15, -0.1) is 0 Å². The molecule has 0 radical (unpaired) electrons. The Labute approximate surface area is 202 Å². The van der Waals surface area contributed by atoms with Gasteiger partial charge >= 0.3 is 0 Å². The standard InChI is InChI=1S/C27H36ClN5/c28-22-13-11-21(12-14-22)27-25-20-32(19-24-9-6-10-26(31-27)33(24)25)18-5-4-15-29-16-17-30-23-7-2-1-3-8-23/h6,9-14,23,29-30H,1-5,7-8,15-20H2. The average Bonchev–Trinajstić information content (AvgIpc) is 3.22. The third-order valence-electron chi connectivity index (χ3n) is 7.11. The van der Waals surface area contributed by atoms with Crippen LogP contribution in [-0.2, 0) is 13.1 Å². The van der Waals surface area contributed by atoms with E-state index in [1.165, 1.54) is 56.3 Å². The van der Waals surface area contributed by atoms with E-state index in [1.54, 1.807) is 0 Å². The molecule has 0 amide bonds. The Bertz CT molecular complexity index is 1040. The molecule has 3 heterocycles. The molecule has 0 saturated heterocycles. The molecular weight excluding hydrogens is 430 g/mol. The number of nitrogens with one attached hydrogen (secondary N) is 2. The van der Waals surface area contributed by atoms with Gasteiger partial charge in [-0.25, -0.2) is 4.98 Å². The predicted octanol–water partition coefficient (Wildman–Crippen LogP) is 5.26. The van der Waals surface area contributed by atoms with Crippen molar-refractivity contribution in [1.29, 1.82) is 0 Å². The monoisotopic (exact) mass is 465 g/mol. The molecule has 1 aromatic carbocycles. The van der Waals surface area contributed by atoms with Gasteiger partial charge in [0, 0.05) is 48.5 Å². The minimum atomic E-state index is 0.760. The summed E-state index contributed by atoms with van der Waals surface area (Å²) in [4.78, 5) is 7.53. The number of unbranched alkanes of at least 4 members (excludes halogenated alkanes) is 1. The van der Waals surface area contributed by atoms with Crippen molar-refractivity contribution >= 4 is 17.2 Å². The predicted molar refractivity (Wildman–Crippen MR) is 137 cm³/mol. The van der Waals surface area contributed by atoms with Crippen molar-refractivity contribution in [3.05, 3.63) is 58.9 Å². The lowest BCUT2D eigenvalue weighted by atomic mass is 9.95. The van der Waals surface area contributed by atoms with Crippen LogP contribution in [0.3, 0.4) is 0 Å². The molecular formula is C27H36ClN5. The van der Waals surface area contributed by atoms with Crippen LogP contribution in [-0.4, -0.2) is 46.5 Å². The molecule has 3 aromatic rings. The Morgan fingerprint density at radius 2 is 1.76 bits per heavy atom. The van der Waals surface area contributed by atoms with Crippen LogP contribution < -0.4 is 10.6 Å². The van der Waals surface area contributed by atoms with Crippen LogP contribution in [0.5, 0.6) is 0 Å². The van der Waals surface area contributed by atoms with Crippen LogP contribution >= 0.6 is 11.6 Å². The van der Waals surface area contributed by atoms with Crippen molar-refractivity contribution in [1.82, 2.24) is 24.9 Å². The summed E-state index contributed by atoms with van der Waals surface area (Å²) < 4.78 is 2.35. The molecule has 6 heteroatoms. The van der Waals surface area contributed by atoms with Crippen LogP contribution in [0.25, 0.3) is 16.9 Å². The number of aromatic nitrogens is 2. The van der Waals surface area contributed by atoms with Gasteiger partial charge in [-0.05, 0) is 63.0 Å². The molecule has 1 saturated carbocycles. The lowest BCUT2D eigenvalue weighted by Crippen LogP contribution is -2.36. The topological polar surface area (TPSA) is 44.6 Å². The fourth-order valence-corrected chi connectivity index (χ4v) is 5.50. The van der Waals surface area contributed by atoms with E-state index in [-0.39, 0.29) is 0 Å². The first-order valence-corrected chi connectivity index (χ1v) is 13.1. The van der Waals surface area contributed by atoms with E-state index in [4.69, 9.17) is 16.6 Å². The van der Waals surface area contributed by atoms with Gasteiger partial charge in [0.05, 0.1) is 11.4 Å². The Morgan fingerprint density at radius 1 is 0.909 bits per heavy atom. The summed E-state index contributed by atoms with van der Waals surface area (Å²) in [6, 6.07) is 15.3. The lowest BCUT2D eigenvalue weighted by molar-refractivity contribution is 0.230. The zero-order valence-corrected chi connectivity index (χ0v) is 20.3. The van der Waals surface area contributed by atoms with Gasteiger partial charge in [-0.3, -0.25) is 9.30 Å². The molecule has 33 heavy (non-hydrogen) atoms. The first-order chi connectivity index (χ1) is 16.3. The number of hydrogen-bond donors (Lipinski definition) is 2. The molecule has 2 aliphatic rings. The molecule has 2 N–H and O–H groups in total. The van der Waals surface area contributed by atoms with Gasteiger partial charge in [0.2, 0.25) is 0 Å². The third-order valence-corrected chi connectivity index (χ3v) is 7.37. The van der Waals surface area contributed by atoms with Crippen molar-refractivity contribution in [3.63, 3.8) is 0 Å². The zero-order chi connectivity index (χ0) is 22.5. The second-order valence-corrected chi connectivity index (χ2v) is 10.0. The highest BCUT2D eigenvalue weighted by Gasteiger charge is 2.23. The lowest BCUT2D eigenvalue weighted by Gasteiger charge is -2.28. The largest absolute Gasteiger partial charge is 0.315 e. The van der Waals surface area contributed by atoms with E-state index >= 15 is 0 Å². The van der Waals surface area contributed by atoms with Crippen molar-refractivity contribution in [2.75, 3.05) is 26.2 Å². The Kier molecular flexibility index (Phi) is 7.62. The molecule has 0 atom stereocenters. The fourth-order valence-electron chi connectivity index (χ4n) is 5.37. The van der Waals surface area contributed by atoms with E-state index < -0.39 is 0 Å². The second-order valence-electron chi connectivity index (χ2n) is 9.58. The molecule has 5 nitrogen and oxygen atoms in total. The quantitative estimate of drug-likeness (QED) is 0.401. The number of pyridine rings is 1. The summed E-state index contributed by atoms with van der Waals surface area (Å²) in [6.45, 7) is 6.31. The van der Waals surface area contributed by atoms with Crippen LogP contribution in [0.4, 0.5) is 0 Å². The summed E-state index contributed by atoms with van der Waals surface area (Å²) >= 11 is 6.11. The number of nitrogens with zero attached hydrogens (tertiary/aromatic N) is 3. The number of hydrogen-bond acceptors (Lipinski definition) is 4. The summed E-state index contributed by atoms with van der Waals surface area (Å²) in [6.07, 6.45) is 9.38. The fraction of sp³-hybridized carbons (Fsp3) is 0.519. The van der Waals surface area contributed by atoms with Crippen LogP contribution in [0.15, 0.2) is 42.5 Å². The normalized spacial score (nSPS) is 17.1. The third kappa shape index (κ3) is 5.60. The summed E-state index contributed by atoms with van der Waals surface area (Å²) in [5, 5.41) is 8.10. The number of benzene rings is 1. The van der Waals surface area contributed by atoms with Gasteiger partial charge in [-0.1, -0.05) is 49.1 Å². The number of halogens is 1. The van der Waals surface area contributed by atoms with Gasteiger partial charge in [0.25, 0.3) is 0 Å². The van der Waals surface area contributed by atoms with E-state index in [1.807, 2.05) is 12.1 Å². The first-order valence-electron chi connectivity index (χ1n) is 12.7. The highest BCUT2D eigenvalue weighted by Crippen LogP contribution is 2.31. The molecule has 2 aromatic heterocycles. The average molecular weight is 466 g/mol. The molecule has 5 rings (SSSR count). The maximum absolute atomic E-state index is 6.11. The Balaban J connectivity index is 1.10. The Hall–Kier alpha value is -1.92. The number of imidazole rings is 1. The highest BCUT2D eigenvalue weighted by atomic mass is 35.5. The van der Waals surface area contributed by atoms with E-state index in [9.17, 15) is 0 Å². The molecule has 0 unspecified atom stereocenters. The van der Waals surface area contributed by atoms with Crippen molar-refractivity contribution in [2.45, 2.75) is 64.1 Å². The Morgan fingerprint density at radius 3 is 2.61 bits per heavy atom. The van der Waals surface area contributed by atoms with Crippen molar-refractivity contribution in [3.8, 4) is 11.3 Å². The van der Waals surface area contributed by atoms with E-state index in [2.05, 4.69) is 50.3 Å². The van der Waals surface area contributed by atoms with Crippen molar-refractivity contribution < 1.29 is 0 Å². The van der Waals surface area contributed by atoms with Gasteiger partial charge in [-0.2, -0.15) is 0 Å². The molecule has 0 bridgehead atoms. The first kappa shape index (κ1) is 22.9. The van der Waals surface area contributed by atoms with Gasteiger partial charge < -0.3 is 10.6 Å². The van der Waals surface area contributed by atoms with Crippen LogP contribution in [0.1, 0.15) is 56.3 Å². The SMILES string of the molecule is Clc1ccc(-c2nc3cccc4n3c2CN(CCCCNCCNC2CCCCC2)C4)cc1. The molecule has 176 valence electrons. The van der Waals surface area contributed by atoms with E-state index in [0.717, 1.165) is 67.2 Å². The smallest absolute Gasteiger partial charge is 0.137 e. The van der Waals surface area contributed by atoms with Crippen LogP contribution in [0, 0.1) is 0 Å². The number of rotatable bonds is 10. The van der Waals surface area contributed by atoms with Gasteiger partial charge in [0.15, 0.2) is 0 Å². The molecule has 1 fully saturated rings. The van der Waals surface area contributed by atoms with Gasteiger partial charge in [0.1, 0.15) is 5.65 Å². The summed E-state index contributed by atoms with van der Waals surface area (Å²) in [5.41, 5.74) is 5.88.